The normalized spacial score (nSPS) is 17.2. The molecule has 3 aromatic rings. The number of carbonyl (C=O) groups is 1. The molecule has 1 atom stereocenters. The standard InChI is InChI=1S/C25H31N3O4S/c1-3-27-15-12-20-17-23(9-10-24(20)27)33(30,31)28-14-5-7-21(18-28)25(29)26-13-11-19-6-4-8-22(16-19)32-2/h4,6,8-10,12,15-17,21H,3,5,7,11,13-14,18H2,1-2H3,(H,26,29)/t21-/m1/s1. The first-order valence-electron chi connectivity index (χ1n) is 11.4. The van der Waals surface area contributed by atoms with Crippen LogP contribution in [0.4, 0.5) is 0 Å². The summed E-state index contributed by atoms with van der Waals surface area (Å²) < 4.78 is 35.4. The second-order valence-electron chi connectivity index (χ2n) is 8.42. The van der Waals surface area contributed by atoms with Crippen molar-refractivity contribution in [3.05, 3.63) is 60.3 Å². The Bertz CT molecular complexity index is 1240. The fraction of sp³-hybridized carbons (Fsp3) is 0.400. The van der Waals surface area contributed by atoms with E-state index < -0.39 is 10.0 Å². The highest BCUT2D eigenvalue weighted by Crippen LogP contribution is 2.27. The van der Waals surface area contributed by atoms with Crippen molar-refractivity contribution in [1.82, 2.24) is 14.2 Å². The summed E-state index contributed by atoms with van der Waals surface area (Å²) in [4.78, 5) is 13.1. The van der Waals surface area contributed by atoms with Crippen LogP contribution in [-0.2, 0) is 27.8 Å². The van der Waals surface area contributed by atoms with Crippen LogP contribution in [0, 0.1) is 5.92 Å². The minimum atomic E-state index is -3.66. The van der Waals surface area contributed by atoms with E-state index in [1.165, 1.54) is 4.31 Å². The molecule has 176 valence electrons. The molecule has 1 amide bonds. The Morgan fingerprint density at radius 3 is 2.82 bits per heavy atom. The van der Waals surface area contributed by atoms with Crippen LogP contribution in [0.1, 0.15) is 25.3 Å². The van der Waals surface area contributed by atoms with Crippen molar-refractivity contribution in [3.63, 3.8) is 0 Å². The summed E-state index contributed by atoms with van der Waals surface area (Å²) in [5, 5.41) is 3.88. The van der Waals surface area contributed by atoms with Gasteiger partial charge in [-0.3, -0.25) is 4.79 Å². The molecule has 0 bridgehead atoms. The summed E-state index contributed by atoms with van der Waals surface area (Å²) in [6.07, 6.45) is 4.01. The molecule has 8 heteroatoms. The number of ether oxygens (including phenoxy) is 1. The summed E-state index contributed by atoms with van der Waals surface area (Å²) in [5.74, 6) is 0.355. The minimum Gasteiger partial charge on any atom is -0.497 e. The van der Waals surface area contributed by atoms with E-state index in [2.05, 4.69) is 16.8 Å². The third-order valence-corrected chi connectivity index (χ3v) is 8.18. The lowest BCUT2D eigenvalue weighted by Gasteiger charge is -2.31. The van der Waals surface area contributed by atoms with Gasteiger partial charge in [0, 0.05) is 43.3 Å². The summed E-state index contributed by atoms with van der Waals surface area (Å²) in [6, 6.07) is 15.0. The predicted octanol–water partition coefficient (Wildman–Crippen LogP) is 3.43. The number of hydrogen-bond acceptors (Lipinski definition) is 4. The van der Waals surface area contributed by atoms with Crippen molar-refractivity contribution in [3.8, 4) is 5.75 Å². The van der Waals surface area contributed by atoms with Gasteiger partial charge in [-0.1, -0.05) is 12.1 Å². The highest BCUT2D eigenvalue weighted by Gasteiger charge is 2.33. The molecule has 0 saturated carbocycles. The van der Waals surface area contributed by atoms with E-state index in [1.807, 2.05) is 42.6 Å². The van der Waals surface area contributed by atoms with E-state index in [1.54, 1.807) is 19.2 Å². The minimum absolute atomic E-state index is 0.0896. The number of nitrogens with one attached hydrogen (secondary N) is 1. The van der Waals surface area contributed by atoms with Crippen LogP contribution in [0.15, 0.2) is 59.6 Å². The molecular formula is C25H31N3O4S. The molecular weight excluding hydrogens is 438 g/mol. The SMILES string of the molecule is CCn1ccc2cc(S(=O)(=O)N3CCC[C@@H](C(=O)NCCc4cccc(OC)c4)C3)ccc21. The molecule has 1 fully saturated rings. The molecule has 1 aliphatic rings. The molecule has 33 heavy (non-hydrogen) atoms. The molecule has 0 radical (unpaired) electrons. The number of aryl methyl sites for hydroxylation is 1. The Kier molecular flexibility index (Phi) is 7.05. The van der Waals surface area contributed by atoms with E-state index in [0.29, 0.717) is 32.4 Å². The smallest absolute Gasteiger partial charge is 0.243 e. The van der Waals surface area contributed by atoms with Gasteiger partial charge in [-0.2, -0.15) is 4.31 Å². The molecule has 7 nitrogen and oxygen atoms in total. The number of methoxy groups -OCH3 is 1. The van der Waals surface area contributed by atoms with Crippen LogP contribution in [0.5, 0.6) is 5.75 Å². The quantitative estimate of drug-likeness (QED) is 0.548. The second-order valence-corrected chi connectivity index (χ2v) is 10.4. The van der Waals surface area contributed by atoms with E-state index in [4.69, 9.17) is 4.74 Å². The van der Waals surface area contributed by atoms with Gasteiger partial charge in [-0.05, 0) is 68.1 Å². The van der Waals surface area contributed by atoms with Gasteiger partial charge in [-0.25, -0.2) is 8.42 Å². The van der Waals surface area contributed by atoms with Crippen molar-refractivity contribution >= 4 is 26.8 Å². The first-order chi connectivity index (χ1) is 15.9. The first-order valence-corrected chi connectivity index (χ1v) is 12.9. The number of nitrogens with zero attached hydrogens (tertiary/aromatic N) is 2. The van der Waals surface area contributed by atoms with E-state index in [-0.39, 0.29) is 23.3 Å². The molecule has 4 rings (SSSR count). The number of fused-ring (bicyclic) bond motifs is 1. The van der Waals surface area contributed by atoms with Gasteiger partial charge >= 0.3 is 0 Å². The molecule has 1 aromatic heterocycles. The number of aromatic nitrogens is 1. The maximum atomic E-state index is 13.3. The molecule has 0 unspecified atom stereocenters. The van der Waals surface area contributed by atoms with Gasteiger partial charge in [-0.15, -0.1) is 0 Å². The number of hydrogen-bond donors (Lipinski definition) is 1. The van der Waals surface area contributed by atoms with Crippen LogP contribution in [0.2, 0.25) is 0 Å². The lowest BCUT2D eigenvalue weighted by Crippen LogP contribution is -2.45. The zero-order valence-electron chi connectivity index (χ0n) is 19.2. The summed E-state index contributed by atoms with van der Waals surface area (Å²) in [5.41, 5.74) is 2.10. The maximum absolute atomic E-state index is 13.3. The second kappa shape index (κ2) is 9.97. The number of rotatable bonds is 8. The Balaban J connectivity index is 1.39. The lowest BCUT2D eigenvalue weighted by atomic mass is 9.99. The van der Waals surface area contributed by atoms with Gasteiger partial charge in [0.15, 0.2) is 0 Å². The highest BCUT2D eigenvalue weighted by molar-refractivity contribution is 7.89. The van der Waals surface area contributed by atoms with Crippen LogP contribution in [-0.4, -0.2) is 49.9 Å². The summed E-state index contributed by atoms with van der Waals surface area (Å²) >= 11 is 0. The highest BCUT2D eigenvalue weighted by atomic mass is 32.2. The van der Waals surface area contributed by atoms with E-state index >= 15 is 0 Å². The third kappa shape index (κ3) is 5.07. The van der Waals surface area contributed by atoms with Gasteiger partial charge in [0.1, 0.15) is 5.75 Å². The fourth-order valence-corrected chi connectivity index (χ4v) is 6.00. The van der Waals surface area contributed by atoms with Crippen LogP contribution < -0.4 is 10.1 Å². The molecule has 2 heterocycles. The van der Waals surface area contributed by atoms with Crippen molar-refractivity contribution < 1.29 is 17.9 Å². The van der Waals surface area contributed by atoms with Crippen LogP contribution >= 0.6 is 0 Å². The largest absolute Gasteiger partial charge is 0.497 e. The summed E-state index contributed by atoms with van der Waals surface area (Å²) in [7, 11) is -2.03. The van der Waals surface area contributed by atoms with Gasteiger partial charge in [0.25, 0.3) is 0 Å². The van der Waals surface area contributed by atoms with Crippen molar-refractivity contribution in [2.24, 2.45) is 5.92 Å². The van der Waals surface area contributed by atoms with Gasteiger partial charge in [0.2, 0.25) is 15.9 Å². The van der Waals surface area contributed by atoms with Gasteiger partial charge in [0.05, 0.1) is 17.9 Å². The van der Waals surface area contributed by atoms with E-state index in [9.17, 15) is 13.2 Å². The Morgan fingerprint density at radius 1 is 1.18 bits per heavy atom. The van der Waals surface area contributed by atoms with Crippen molar-refractivity contribution in [2.75, 3.05) is 26.7 Å². The molecule has 0 aliphatic carbocycles. The monoisotopic (exact) mass is 469 g/mol. The zero-order chi connectivity index (χ0) is 23.4. The van der Waals surface area contributed by atoms with Crippen LogP contribution in [0.25, 0.3) is 10.9 Å². The van der Waals surface area contributed by atoms with Gasteiger partial charge < -0.3 is 14.6 Å². The Hall–Kier alpha value is -2.84. The predicted molar refractivity (Wildman–Crippen MR) is 129 cm³/mol. The van der Waals surface area contributed by atoms with E-state index in [0.717, 1.165) is 28.8 Å². The molecule has 0 spiro atoms. The maximum Gasteiger partial charge on any atom is 0.243 e. The van der Waals surface area contributed by atoms with Crippen molar-refractivity contribution in [2.45, 2.75) is 37.6 Å². The lowest BCUT2D eigenvalue weighted by molar-refractivity contribution is -0.126. The molecule has 2 aromatic carbocycles. The molecule has 1 aliphatic heterocycles. The zero-order valence-corrected chi connectivity index (χ0v) is 20.0. The van der Waals surface area contributed by atoms with Crippen molar-refractivity contribution in [1.29, 1.82) is 0 Å². The van der Waals surface area contributed by atoms with Crippen LogP contribution in [0.3, 0.4) is 0 Å². The summed E-state index contributed by atoms with van der Waals surface area (Å²) in [6.45, 7) is 4.03. The fourth-order valence-electron chi connectivity index (χ4n) is 4.44. The number of benzene rings is 2. The number of piperidine rings is 1. The third-order valence-electron chi connectivity index (χ3n) is 6.32. The number of amides is 1. The number of sulfonamides is 1. The first kappa shape index (κ1) is 23.3. The molecule has 1 saturated heterocycles. The Labute approximate surface area is 195 Å². The Morgan fingerprint density at radius 2 is 2.03 bits per heavy atom. The average Bonchev–Trinajstić information content (AvgIpc) is 3.26. The topological polar surface area (TPSA) is 80.6 Å². The molecule has 1 N–H and O–H groups in total. The number of carbonyl (C=O) groups excluding carboxylic acids is 1. The average molecular weight is 470 g/mol.